The fourth-order valence-electron chi connectivity index (χ4n) is 1.45. The van der Waals surface area contributed by atoms with Crippen LogP contribution in [0.4, 0.5) is 0 Å². The van der Waals surface area contributed by atoms with Gasteiger partial charge in [0.2, 0.25) is 0 Å². The Morgan fingerprint density at radius 2 is 1.90 bits per heavy atom. The fraction of sp³-hybridized carbons (Fsp3) is 0.0833. The molecule has 2 rings (SSSR count). The summed E-state index contributed by atoms with van der Waals surface area (Å²) in [5.41, 5.74) is -0.556. The normalized spacial score (nSPS) is 11.1. The molecule has 0 saturated heterocycles. The maximum Gasteiger partial charge on any atom is 0.285 e. The topological polar surface area (TPSA) is 98.1 Å². The van der Waals surface area contributed by atoms with Crippen molar-refractivity contribution in [1.29, 1.82) is 0 Å². The van der Waals surface area contributed by atoms with Crippen molar-refractivity contribution in [2.75, 3.05) is 0 Å². The lowest BCUT2D eigenvalue weighted by molar-refractivity contribution is 0.0975. The highest BCUT2D eigenvalue weighted by molar-refractivity contribution is 7.90. The van der Waals surface area contributed by atoms with Crippen LogP contribution >= 0.6 is 0 Å². The van der Waals surface area contributed by atoms with Gasteiger partial charge in [-0.15, -0.1) is 0 Å². The highest BCUT2D eigenvalue weighted by Gasteiger charge is 2.19. The van der Waals surface area contributed by atoms with Crippen LogP contribution in [0.2, 0.25) is 0 Å². The molecule has 1 heterocycles. The van der Waals surface area contributed by atoms with Gasteiger partial charge in [0.15, 0.2) is 0 Å². The van der Waals surface area contributed by atoms with Gasteiger partial charge in [-0.05, 0) is 12.1 Å². The standard InChI is InChI=1S/C12H11N3O4S/c1-15-8-10(13-7-11(15)16)12(17)14-20(18,19)9-5-3-2-4-6-9/h2-8H,1H3,(H,14,17). The predicted octanol–water partition coefficient (Wildman–Crippen LogP) is -0.101. The van der Waals surface area contributed by atoms with Crippen LogP contribution in [0.3, 0.4) is 0 Å². The molecule has 1 amide bonds. The molecule has 0 aliphatic heterocycles. The molecule has 7 nitrogen and oxygen atoms in total. The van der Waals surface area contributed by atoms with Gasteiger partial charge in [-0.25, -0.2) is 18.1 Å². The summed E-state index contributed by atoms with van der Waals surface area (Å²) in [6.45, 7) is 0. The first-order chi connectivity index (χ1) is 9.40. The number of benzene rings is 1. The first kappa shape index (κ1) is 13.9. The van der Waals surface area contributed by atoms with Crippen LogP contribution in [0.1, 0.15) is 10.5 Å². The minimum absolute atomic E-state index is 0.0295. The molecule has 0 aliphatic rings. The third-order valence-electron chi connectivity index (χ3n) is 2.49. The van der Waals surface area contributed by atoms with Gasteiger partial charge in [-0.2, -0.15) is 0 Å². The largest absolute Gasteiger partial charge is 0.315 e. The lowest BCUT2D eigenvalue weighted by atomic mass is 10.4. The van der Waals surface area contributed by atoms with Crippen LogP contribution in [0.15, 0.2) is 52.4 Å². The first-order valence-electron chi connectivity index (χ1n) is 5.55. The number of amides is 1. The Hall–Kier alpha value is -2.48. The zero-order valence-electron chi connectivity index (χ0n) is 10.5. The second-order valence-electron chi connectivity index (χ2n) is 3.97. The summed E-state index contributed by atoms with van der Waals surface area (Å²) in [6, 6.07) is 7.48. The molecule has 1 aromatic heterocycles. The van der Waals surface area contributed by atoms with E-state index in [9.17, 15) is 18.0 Å². The van der Waals surface area contributed by atoms with E-state index in [1.165, 1.54) is 19.2 Å². The number of aryl methyl sites for hydroxylation is 1. The first-order valence-corrected chi connectivity index (χ1v) is 7.03. The summed E-state index contributed by atoms with van der Waals surface area (Å²) < 4.78 is 26.9. The van der Waals surface area contributed by atoms with Gasteiger partial charge in [0.05, 0.1) is 11.1 Å². The Balaban J connectivity index is 2.28. The molecule has 0 spiro atoms. The number of aromatic nitrogens is 2. The zero-order chi connectivity index (χ0) is 14.8. The van der Waals surface area contributed by atoms with E-state index in [2.05, 4.69) is 4.98 Å². The molecule has 0 aliphatic carbocycles. The quantitative estimate of drug-likeness (QED) is 0.852. The van der Waals surface area contributed by atoms with Crippen molar-refractivity contribution in [3.63, 3.8) is 0 Å². The van der Waals surface area contributed by atoms with Crippen molar-refractivity contribution in [3.8, 4) is 0 Å². The van der Waals surface area contributed by atoms with Gasteiger partial charge in [0, 0.05) is 13.2 Å². The third-order valence-corrected chi connectivity index (χ3v) is 3.84. The lowest BCUT2D eigenvalue weighted by Gasteiger charge is -2.06. The molecule has 0 radical (unpaired) electrons. The molecule has 0 atom stereocenters. The van der Waals surface area contributed by atoms with E-state index in [0.717, 1.165) is 17.0 Å². The summed E-state index contributed by atoms with van der Waals surface area (Å²) in [6.07, 6.45) is 2.11. The molecular formula is C12H11N3O4S. The second kappa shape index (κ2) is 5.25. The van der Waals surface area contributed by atoms with Crippen molar-refractivity contribution in [1.82, 2.24) is 14.3 Å². The van der Waals surface area contributed by atoms with Crippen LogP contribution in [0, 0.1) is 0 Å². The monoisotopic (exact) mass is 293 g/mol. The van der Waals surface area contributed by atoms with E-state index in [-0.39, 0.29) is 10.6 Å². The van der Waals surface area contributed by atoms with Crippen LogP contribution in [-0.2, 0) is 17.1 Å². The number of hydrogen-bond acceptors (Lipinski definition) is 5. The fourth-order valence-corrected chi connectivity index (χ4v) is 2.43. The molecule has 1 aromatic carbocycles. The van der Waals surface area contributed by atoms with E-state index in [0.29, 0.717) is 0 Å². The molecule has 0 saturated carbocycles. The van der Waals surface area contributed by atoms with Crippen molar-refractivity contribution in [2.45, 2.75) is 4.90 Å². The number of rotatable bonds is 3. The molecule has 20 heavy (non-hydrogen) atoms. The number of nitrogens with zero attached hydrogens (tertiary/aromatic N) is 2. The minimum Gasteiger partial charge on any atom is -0.315 e. The van der Waals surface area contributed by atoms with Gasteiger partial charge in [0.25, 0.3) is 21.5 Å². The average Bonchev–Trinajstić information content (AvgIpc) is 2.42. The number of carbonyl (C=O) groups is 1. The number of hydrogen-bond donors (Lipinski definition) is 1. The number of nitrogens with one attached hydrogen (secondary N) is 1. The van der Waals surface area contributed by atoms with Crippen LogP contribution in [-0.4, -0.2) is 23.9 Å². The highest BCUT2D eigenvalue weighted by Crippen LogP contribution is 2.07. The van der Waals surface area contributed by atoms with Crippen molar-refractivity contribution >= 4 is 15.9 Å². The van der Waals surface area contributed by atoms with Crippen LogP contribution in [0.25, 0.3) is 0 Å². The number of sulfonamides is 1. The molecule has 2 aromatic rings. The van der Waals surface area contributed by atoms with E-state index in [1.807, 2.05) is 4.72 Å². The lowest BCUT2D eigenvalue weighted by Crippen LogP contribution is -2.32. The third kappa shape index (κ3) is 2.91. The smallest absolute Gasteiger partial charge is 0.285 e. The van der Waals surface area contributed by atoms with Gasteiger partial charge in [0.1, 0.15) is 5.69 Å². The zero-order valence-corrected chi connectivity index (χ0v) is 11.3. The van der Waals surface area contributed by atoms with Gasteiger partial charge >= 0.3 is 0 Å². The Morgan fingerprint density at radius 1 is 1.25 bits per heavy atom. The highest BCUT2D eigenvalue weighted by atomic mass is 32.2. The molecule has 104 valence electrons. The van der Waals surface area contributed by atoms with E-state index < -0.39 is 21.5 Å². The molecule has 0 bridgehead atoms. The molecule has 0 fully saturated rings. The van der Waals surface area contributed by atoms with Crippen LogP contribution in [0.5, 0.6) is 0 Å². The Labute approximate surface area is 115 Å². The van der Waals surface area contributed by atoms with Crippen molar-refractivity contribution < 1.29 is 13.2 Å². The van der Waals surface area contributed by atoms with Crippen LogP contribution < -0.4 is 10.3 Å². The summed E-state index contributed by atoms with van der Waals surface area (Å²) >= 11 is 0. The van der Waals surface area contributed by atoms with E-state index in [1.54, 1.807) is 18.2 Å². The van der Waals surface area contributed by atoms with Gasteiger partial charge < -0.3 is 4.57 Å². The van der Waals surface area contributed by atoms with E-state index >= 15 is 0 Å². The Bertz CT molecular complexity index is 797. The summed E-state index contributed by atoms with van der Waals surface area (Å²) in [5, 5.41) is 0. The minimum atomic E-state index is -3.96. The van der Waals surface area contributed by atoms with Crippen molar-refractivity contribution in [3.05, 3.63) is 58.8 Å². The SMILES string of the molecule is Cn1cc(C(=O)NS(=O)(=O)c2ccccc2)ncc1=O. The molecule has 8 heteroatoms. The van der Waals surface area contributed by atoms with Gasteiger partial charge in [-0.3, -0.25) is 9.59 Å². The number of carbonyl (C=O) groups excluding carboxylic acids is 1. The maximum absolute atomic E-state index is 11.9. The summed E-state index contributed by atoms with van der Waals surface area (Å²) in [4.78, 5) is 26.6. The maximum atomic E-state index is 11.9. The van der Waals surface area contributed by atoms with Crippen molar-refractivity contribution in [2.24, 2.45) is 7.05 Å². The average molecular weight is 293 g/mol. The van der Waals surface area contributed by atoms with E-state index in [4.69, 9.17) is 0 Å². The van der Waals surface area contributed by atoms with Gasteiger partial charge in [-0.1, -0.05) is 18.2 Å². The predicted molar refractivity (Wildman–Crippen MR) is 70.6 cm³/mol. The summed E-state index contributed by atoms with van der Waals surface area (Å²) in [7, 11) is -2.52. The summed E-state index contributed by atoms with van der Waals surface area (Å²) in [5.74, 6) is -0.899. The molecular weight excluding hydrogens is 282 g/mol. The Morgan fingerprint density at radius 3 is 2.50 bits per heavy atom. The molecule has 0 unspecified atom stereocenters. The Kier molecular flexibility index (Phi) is 3.66. The molecule has 1 N–H and O–H groups in total. The second-order valence-corrected chi connectivity index (χ2v) is 5.65.